The van der Waals surface area contributed by atoms with Gasteiger partial charge in [0.25, 0.3) is 11.6 Å². The first-order valence-electron chi connectivity index (χ1n) is 8.34. The van der Waals surface area contributed by atoms with Crippen LogP contribution in [0.15, 0.2) is 66.7 Å². The molecular formula is C20H12F4N2O4. The van der Waals surface area contributed by atoms with E-state index in [1.807, 2.05) is 0 Å². The van der Waals surface area contributed by atoms with E-state index in [9.17, 15) is 32.5 Å². The highest BCUT2D eigenvalue weighted by atomic mass is 19.4. The van der Waals surface area contributed by atoms with Crippen LogP contribution < -0.4 is 10.1 Å². The van der Waals surface area contributed by atoms with E-state index < -0.39 is 39.8 Å². The van der Waals surface area contributed by atoms with Crippen molar-refractivity contribution >= 4 is 17.3 Å². The zero-order valence-electron chi connectivity index (χ0n) is 14.9. The summed E-state index contributed by atoms with van der Waals surface area (Å²) in [5, 5.41) is 13.2. The number of non-ortho nitro benzene ring substituents is 1. The largest absolute Gasteiger partial charge is 0.457 e. The molecule has 10 heteroatoms. The molecule has 0 bridgehead atoms. The number of nitro benzene ring substituents is 1. The van der Waals surface area contributed by atoms with Crippen molar-refractivity contribution in [2.24, 2.45) is 0 Å². The van der Waals surface area contributed by atoms with Crippen molar-refractivity contribution in [1.82, 2.24) is 0 Å². The predicted molar refractivity (Wildman–Crippen MR) is 99.0 cm³/mol. The minimum Gasteiger partial charge on any atom is -0.457 e. The smallest absolute Gasteiger partial charge is 0.420 e. The lowest BCUT2D eigenvalue weighted by Crippen LogP contribution is -2.12. The van der Waals surface area contributed by atoms with Crippen LogP contribution in [0.5, 0.6) is 11.5 Å². The molecule has 0 fully saturated rings. The van der Waals surface area contributed by atoms with Gasteiger partial charge in [-0.3, -0.25) is 14.9 Å². The van der Waals surface area contributed by atoms with Crippen LogP contribution in [0.1, 0.15) is 15.9 Å². The third-order valence-corrected chi connectivity index (χ3v) is 3.89. The molecule has 0 radical (unpaired) electrons. The first-order valence-corrected chi connectivity index (χ1v) is 8.34. The van der Waals surface area contributed by atoms with Crippen molar-refractivity contribution in [2.45, 2.75) is 6.18 Å². The monoisotopic (exact) mass is 420 g/mol. The van der Waals surface area contributed by atoms with Gasteiger partial charge in [-0.05, 0) is 42.5 Å². The molecule has 0 saturated heterocycles. The Bertz CT molecular complexity index is 1120. The van der Waals surface area contributed by atoms with Gasteiger partial charge in [0.05, 0.1) is 4.92 Å². The van der Waals surface area contributed by atoms with Crippen LogP contribution in [0, 0.1) is 15.9 Å². The van der Waals surface area contributed by atoms with Crippen molar-refractivity contribution < 1.29 is 32.0 Å². The summed E-state index contributed by atoms with van der Waals surface area (Å²) in [4.78, 5) is 22.2. The number of rotatable bonds is 5. The fourth-order valence-corrected chi connectivity index (χ4v) is 2.54. The van der Waals surface area contributed by atoms with E-state index in [1.54, 1.807) is 0 Å². The maximum absolute atomic E-state index is 13.3. The first-order chi connectivity index (χ1) is 14.1. The molecule has 0 atom stereocenters. The molecule has 1 N–H and O–H groups in total. The van der Waals surface area contributed by atoms with Crippen LogP contribution in [-0.2, 0) is 6.18 Å². The van der Waals surface area contributed by atoms with Crippen LogP contribution >= 0.6 is 0 Å². The lowest BCUT2D eigenvalue weighted by atomic mass is 10.1. The molecule has 0 aliphatic carbocycles. The number of alkyl halides is 3. The van der Waals surface area contributed by atoms with Crippen LogP contribution in [0.4, 0.5) is 28.9 Å². The molecule has 0 spiro atoms. The molecule has 3 aromatic carbocycles. The van der Waals surface area contributed by atoms with Gasteiger partial charge < -0.3 is 10.1 Å². The van der Waals surface area contributed by atoms with Gasteiger partial charge >= 0.3 is 6.18 Å². The van der Waals surface area contributed by atoms with Crippen molar-refractivity contribution in [3.05, 3.63) is 93.8 Å². The number of nitro groups is 1. The van der Waals surface area contributed by atoms with Crippen molar-refractivity contribution in [3.63, 3.8) is 0 Å². The lowest BCUT2D eigenvalue weighted by molar-refractivity contribution is -0.385. The minimum atomic E-state index is -4.90. The van der Waals surface area contributed by atoms with Crippen molar-refractivity contribution in [3.8, 4) is 11.5 Å². The zero-order chi connectivity index (χ0) is 21.9. The molecule has 0 unspecified atom stereocenters. The van der Waals surface area contributed by atoms with E-state index in [-0.39, 0.29) is 17.0 Å². The number of hydrogen-bond donors (Lipinski definition) is 1. The second-order valence-electron chi connectivity index (χ2n) is 6.03. The van der Waals surface area contributed by atoms with Gasteiger partial charge in [-0.15, -0.1) is 0 Å². The Balaban J connectivity index is 1.86. The molecule has 0 saturated carbocycles. The third-order valence-electron chi connectivity index (χ3n) is 3.89. The van der Waals surface area contributed by atoms with Crippen molar-refractivity contribution in [1.29, 1.82) is 0 Å². The Kier molecular flexibility index (Phi) is 5.67. The second kappa shape index (κ2) is 8.19. The Morgan fingerprint density at radius 1 is 1.00 bits per heavy atom. The number of benzene rings is 3. The molecule has 0 aliphatic rings. The lowest BCUT2D eigenvalue weighted by Gasteiger charge is -2.14. The maximum Gasteiger partial charge on any atom is 0.420 e. The molecule has 0 heterocycles. The number of nitrogens with zero attached hydrogens (tertiary/aromatic N) is 1. The number of halogens is 4. The number of carbonyl (C=O) groups excluding carboxylic acids is 1. The fourth-order valence-electron chi connectivity index (χ4n) is 2.54. The van der Waals surface area contributed by atoms with Gasteiger partial charge in [0.1, 0.15) is 22.9 Å². The summed E-state index contributed by atoms with van der Waals surface area (Å²) in [7, 11) is 0. The van der Waals surface area contributed by atoms with E-state index in [4.69, 9.17) is 4.74 Å². The summed E-state index contributed by atoms with van der Waals surface area (Å²) in [5.41, 5.74) is -1.82. The Hall–Kier alpha value is -3.95. The van der Waals surface area contributed by atoms with Crippen molar-refractivity contribution in [2.75, 3.05) is 5.32 Å². The number of carbonyl (C=O) groups is 1. The van der Waals surface area contributed by atoms with E-state index in [1.165, 1.54) is 42.5 Å². The topological polar surface area (TPSA) is 81.5 Å². The van der Waals surface area contributed by atoms with E-state index in [2.05, 4.69) is 5.32 Å². The standard InChI is InChI=1S/C20H12F4N2O4/c21-13-4-2-5-14(10-13)25-19(27)12-3-1-6-16(9-12)30-18-8-7-15(26(28)29)11-17(18)20(22,23)24/h1-11H,(H,25,27). The minimum absolute atomic E-state index is 0.0484. The van der Waals surface area contributed by atoms with E-state index in [0.717, 1.165) is 18.2 Å². The summed E-state index contributed by atoms with van der Waals surface area (Å²) in [6, 6.07) is 12.5. The average Bonchev–Trinajstić information content (AvgIpc) is 2.67. The van der Waals surface area contributed by atoms with E-state index in [0.29, 0.717) is 6.07 Å². The molecule has 30 heavy (non-hydrogen) atoms. The van der Waals surface area contributed by atoms with Gasteiger partial charge in [0.15, 0.2) is 0 Å². The molecule has 154 valence electrons. The van der Waals surface area contributed by atoms with Gasteiger partial charge in [-0.25, -0.2) is 4.39 Å². The Labute approximate surface area is 166 Å². The third kappa shape index (κ3) is 4.90. The van der Waals surface area contributed by atoms with Crippen LogP contribution in [0.3, 0.4) is 0 Å². The van der Waals surface area contributed by atoms with Crippen LogP contribution in [0.2, 0.25) is 0 Å². The maximum atomic E-state index is 13.3. The number of nitrogens with one attached hydrogen (secondary N) is 1. The molecule has 6 nitrogen and oxygen atoms in total. The number of hydrogen-bond acceptors (Lipinski definition) is 4. The number of anilines is 1. The summed E-state index contributed by atoms with van der Waals surface area (Å²) >= 11 is 0. The molecular weight excluding hydrogens is 408 g/mol. The Morgan fingerprint density at radius 3 is 2.40 bits per heavy atom. The molecule has 1 amide bonds. The average molecular weight is 420 g/mol. The predicted octanol–water partition coefficient (Wildman–Crippen LogP) is 5.80. The van der Waals surface area contributed by atoms with Gasteiger partial charge in [-0.2, -0.15) is 13.2 Å². The number of amides is 1. The summed E-state index contributed by atoms with van der Waals surface area (Å²) in [6.07, 6.45) is -4.90. The molecule has 0 aromatic heterocycles. The highest BCUT2D eigenvalue weighted by molar-refractivity contribution is 6.04. The quantitative estimate of drug-likeness (QED) is 0.321. The highest BCUT2D eigenvalue weighted by Crippen LogP contribution is 2.40. The SMILES string of the molecule is O=C(Nc1cccc(F)c1)c1cccc(Oc2ccc([N+](=O)[O-])cc2C(F)(F)F)c1. The fraction of sp³-hybridized carbons (Fsp3) is 0.0500. The molecule has 3 aromatic rings. The summed E-state index contributed by atoms with van der Waals surface area (Å²) < 4.78 is 58.3. The van der Waals surface area contributed by atoms with E-state index >= 15 is 0 Å². The number of ether oxygens (including phenoxy) is 1. The van der Waals surface area contributed by atoms with Crippen LogP contribution in [0.25, 0.3) is 0 Å². The first kappa shape index (κ1) is 20.8. The second-order valence-corrected chi connectivity index (χ2v) is 6.03. The summed E-state index contributed by atoms with van der Waals surface area (Å²) in [5.74, 6) is -1.94. The van der Waals surface area contributed by atoms with Crippen LogP contribution in [-0.4, -0.2) is 10.8 Å². The molecule has 0 aliphatic heterocycles. The Morgan fingerprint density at radius 2 is 1.73 bits per heavy atom. The normalized spacial score (nSPS) is 11.1. The highest BCUT2D eigenvalue weighted by Gasteiger charge is 2.36. The van der Waals surface area contributed by atoms with Gasteiger partial charge in [0, 0.05) is 23.4 Å². The van der Waals surface area contributed by atoms with Gasteiger partial charge in [-0.1, -0.05) is 12.1 Å². The molecule has 3 rings (SSSR count). The summed E-state index contributed by atoms with van der Waals surface area (Å²) in [6.45, 7) is 0. The zero-order valence-corrected chi connectivity index (χ0v) is 14.9. The van der Waals surface area contributed by atoms with Gasteiger partial charge in [0.2, 0.25) is 0 Å².